The SMILES string of the molecule is O=C(CN1CCN2c3ccc([N+](=O)[O-])cc3C[C@H](C(=O)N3CCOCC3)[C@@H]2C1)N1CCCC1. The average molecular weight is 458 g/mol. The summed E-state index contributed by atoms with van der Waals surface area (Å²) in [4.78, 5) is 45.5. The van der Waals surface area contributed by atoms with E-state index in [4.69, 9.17) is 4.74 Å². The normalized spacial score (nSPS) is 25.5. The number of hydrogen-bond acceptors (Lipinski definition) is 7. The molecule has 2 amide bonds. The predicted octanol–water partition coefficient (Wildman–Crippen LogP) is 0.739. The minimum absolute atomic E-state index is 0.0552. The van der Waals surface area contributed by atoms with Crippen LogP contribution in [0.15, 0.2) is 18.2 Å². The van der Waals surface area contributed by atoms with Crippen molar-refractivity contribution in [2.75, 3.05) is 70.5 Å². The van der Waals surface area contributed by atoms with Gasteiger partial charge in [-0.3, -0.25) is 24.6 Å². The van der Waals surface area contributed by atoms with Crippen LogP contribution in [0.1, 0.15) is 18.4 Å². The molecule has 5 rings (SSSR count). The van der Waals surface area contributed by atoms with Crippen LogP contribution in [0.25, 0.3) is 0 Å². The van der Waals surface area contributed by atoms with Crippen molar-refractivity contribution in [3.05, 3.63) is 33.9 Å². The average Bonchev–Trinajstić information content (AvgIpc) is 3.38. The zero-order chi connectivity index (χ0) is 22.9. The number of hydrogen-bond donors (Lipinski definition) is 0. The van der Waals surface area contributed by atoms with Gasteiger partial charge in [-0.25, -0.2) is 0 Å². The summed E-state index contributed by atoms with van der Waals surface area (Å²) in [6, 6.07) is 4.92. The lowest BCUT2D eigenvalue weighted by Crippen LogP contribution is -2.62. The van der Waals surface area contributed by atoms with E-state index in [1.807, 2.05) is 15.9 Å². The first-order chi connectivity index (χ1) is 16.0. The van der Waals surface area contributed by atoms with E-state index < -0.39 is 0 Å². The molecule has 0 N–H and O–H groups in total. The van der Waals surface area contributed by atoms with Crippen LogP contribution < -0.4 is 4.90 Å². The second kappa shape index (κ2) is 9.26. The first kappa shape index (κ1) is 22.1. The van der Waals surface area contributed by atoms with E-state index in [9.17, 15) is 19.7 Å². The molecule has 0 unspecified atom stereocenters. The van der Waals surface area contributed by atoms with E-state index in [1.54, 1.807) is 12.1 Å². The van der Waals surface area contributed by atoms with Gasteiger partial charge in [-0.15, -0.1) is 0 Å². The quantitative estimate of drug-likeness (QED) is 0.486. The number of nitro benzene ring substituents is 1. The van der Waals surface area contributed by atoms with Gasteiger partial charge in [0.1, 0.15) is 0 Å². The van der Waals surface area contributed by atoms with Crippen LogP contribution in [-0.4, -0.2) is 103 Å². The van der Waals surface area contributed by atoms with Gasteiger partial charge in [0.15, 0.2) is 0 Å². The van der Waals surface area contributed by atoms with Gasteiger partial charge in [0.25, 0.3) is 5.69 Å². The first-order valence-electron chi connectivity index (χ1n) is 11.9. The van der Waals surface area contributed by atoms with Crippen molar-refractivity contribution in [2.24, 2.45) is 5.92 Å². The van der Waals surface area contributed by atoms with E-state index in [1.165, 1.54) is 0 Å². The number of nitro groups is 1. The highest BCUT2D eigenvalue weighted by molar-refractivity contribution is 5.83. The predicted molar refractivity (Wildman–Crippen MR) is 121 cm³/mol. The van der Waals surface area contributed by atoms with E-state index in [2.05, 4.69) is 9.80 Å². The zero-order valence-electron chi connectivity index (χ0n) is 18.9. The van der Waals surface area contributed by atoms with Gasteiger partial charge >= 0.3 is 0 Å². The van der Waals surface area contributed by atoms with Gasteiger partial charge in [-0.05, 0) is 30.9 Å². The molecule has 0 aromatic heterocycles. The number of fused-ring (bicyclic) bond motifs is 3. The van der Waals surface area contributed by atoms with Crippen molar-refractivity contribution in [1.29, 1.82) is 0 Å². The molecular formula is C23H31N5O5. The van der Waals surface area contributed by atoms with Crippen LogP contribution in [0, 0.1) is 16.0 Å². The zero-order valence-corrected chi connectivity index (χ0v) is 18.9. The van der Waals surface area contributed by atoms with Gasteiger partial charge < -0.3 is 19.4 Å². The molecule has 3 saturated heterocycles. The standard InChI is InChI=1S/C23H31N5O5/c29-22(25-5-1-2-6-25)16-24-7-8-27-20-4-3-18(28(31)32)13-17(20)14-19(21(27)15-24)23(30)26-9-11-33-12-10-26/h3-4,13,19,21H,1-2,5-12,14-16H2/t19-,21-/m0/s1. The fourth-order valence-corrected chi connectivity index (χ4v) is 5.69. The molecule has 33 heavy (non-hydrogen) atoms. The second-order valence-electron chi connectivity index (χ2n) is 9.40. The molecule has 0 aliphatic carbocycles. The Kier molecular flexibility index (Phi) is 6.20. The van der Waals surface area contributed by atoms with E-state index in [0.29, 0.717) is 52.4 Å². The molecule has 3 fully saturated rings. The third-order valence-electron chi connectivity index (χ3n) is 7.45. The Hall–Kier alpha value is -2.72. The van der Waals surface area contributed by atoms with Crippen LogP contribution in [0.3, 0.4) is 0 Å². The molecule has 10 heteroatoms. The Bertz CT molecular complexity index is 928. The number of morpholine rings is 1. The Morgan fingerprint density at radius 1 is 1.03 bits per heavy atom. The summed E-state index contributed by atoms with van der Waals surface area (Å²) < 4.78 is 5.42. The lowest BCUT2D eigenvalue weighted by atomic mass is 9.82. The molecule has 0 spiro atoms. The van der Waals surface area contributed by atoms with Crippen molar-refractivity contribution in [1.82, 2.24) is 14.7 Å². The molecule has 10 nitrogen and oxygen atoms in total. The molecule has 0 bridgehead atoms. The molecule has 4 heterocycles. The summed E-state index contributed by atoms with van der Waals surface area (Å²) in [6.45, 7) is 6.32. The molecular weight excluding hydrogens is 426 g/mol. The third-order valence-corrected chi connectivity index (χ3v) is 7.45. The molecule has 2 atom stereocenters. The number of non-ortho nitro benzene ring substituents is 1. The maximum atomic E-state index is 13.6. The fraction of sp³-hybridized carbons (Fsp3) is 0.652. The molecule has 4 aliphatic heterocycles. The number of carbonyl (C=O) groups is 2. The highest BCUT2D eigenvalue weighted by Gasteiger charge is 2.43. The summed E-state index contributed by atoms with van der Waals surface area (Å²) in [5.74, 6) is -0.0516. The summed E-state index contributed by atoms with van der Waals surface area (Å²) in [7, 11) is 0. The number of carbonyl (C=O) groups excluding carboxylic acids is 2. The van der Waals surface area contributed by atoms with Gasteiger partial charge in [0.2, 0.25) is 11.8 Å². The van der Waals surface area contributed by atoms with Crippen LogP contribution in [0.4, 0.5) is 11.4 Å². The van der Waals surface area contributed by atoms with Gasteiger partial charge in [-0.2, -0.15) is 0 Å². The monoisotopic (exact) mass is 457 g/mol. The van der Waals surface area contributed by atoms with Crippen molar-refractivity contribution in [3.8, 4) is 0 Å². The number of benzene rings is 1. The number of rotatable bonds is 4. The summed E-state index contributed by atoms with van der Waals surface area (Å²) >= 11 is 0. The largest absolute Gasteiger partial charge is 0.378 e. The van der Waals surface area contributed by atoms with Crippen molar-refractivity contribution < 1.29 is 19.2 Å². The highest BCUT2D eigenvalue weighted by Crippen LogP contribution is 2.38. The summed E-state index contributed by atoms with van der Waals surface area (Å²) in [5.41, 5.74) is 1.88. The first-order valence-corrected chi connectivity index (χ1v) is 11.9. The molecule has 4 aliphatic rings. The highest BCUT2D eigenvalue weighted by atomic mass is 16.6. The number of amides is 2. The van der Waals surface area contributed by atoms with Crippen LogP contribution in [0.5, 0.6) is 0 Å². The van der Waals surface area contributed by atoms with E-state index >= 15 is 0 Å². The Balaban J connectivity index is 1.39. The molecule has 1 aromatic rings. The summed E-state index contributed by atoms with van der Waals surface area (Å²) in [6.07, 6.45) is 2.62. The van der Waals surface area contributed by atoms with Crippen molar-refractivity contribution in [3.63, 3.8) is 0 Å². The Morgan fingerprint density at radius 3 is 2.52 bits per heavy atom. The maximum absolute atomic E-state index is 13.6. The Labute approximate surface area is 193 Å². The molecule has 1 aromatic carbocycles. The van der Waals surface area contributed by atoms with Crippen LogP contribution in [-0.2, 0) is 20.7 Å². The number of piperazine rings is 1. The van der Waals surface area contributed by atoms with E-state index in [0.717, 1.165) is 43.7 Å². The Morgan fingerprint density at radius 2 is 1.79 bits per heavy atom. The van der Waals surface area contributed by atoms with Crippen LogP contribution in [0.2, 0.25) is 0 Å². The van der Waals surface area contributed by atoms with Gasteiger partial charge in [0, 0.05) is 63.6 Å². The van der Waals surface area contributed by atoms with Crippen LogP contribution >= 0.6 is 0 Å². The number of likely N-dealkylation sites (tertiary alicyclic amines) is 1. The van der Waals surface area contributed by atoms with Crippen molar-refractivity contribution in [2.45, 2.75) is 25.3 Å². The smallest absolute Gasteiger partial charge is 0.269 e. The lowest BCUT2D eigenvalue weighted by molar-refractivity contribution is -0.384. The number of ether oxygens (including phenoxy) is 1. The lowest BCUT2D eigenvalue weighted by Gasteiger charge is -2.50. The third kappa shape index (κ3) is 4.41. The minimum atomic E-state index is -0.382. The molecule has 0 radical (unpaired) electrons. The minimum Gasteiger partial charge on any atom is -0.378 e. The van der Waals surface area contributed by atoms with Crippen molar-refractivity contribution >= 4 is 23.2 Å². The molecule has 178 valence electrons. The number of nitrogens with zero attached hydrogens (tertiary/aromatic N) is 5. The van der Waals surface area contributed by atoms with Gasteiger partial charge in [-0.1, -0.05) is 0 Å². The maximum Gasteiger partial charge on any atom is 0.269 e. The fourth-order valence-electron chi connectivity index (χ4n) is 5.69. The van der Waals surface area contributed by atoms with Gasteiger partial charge in [0.05, 0.1) is 36.6 Å². The van der Waals surface area contributed by atoms with E-state index in [-0.39, 0.29) is 34.4 Å². The second-order valence-corrected chi connectivity index (χ2v) is 9.40. The topological polar surface area (TPSA) is 99.5 Å². The molecule has 0 saturated carbocycles. The summed E-state index contributed by atoms with van der Waals surface area (Å²) in [5, 5.41) is 11.3. The number of anilines is 1.